The summed E-state index contributed by atoms with van der Waals surface area (Å²) < 4.78 is 5.33. The zero-order valence-corrected chi connectivity index (χ0v) is 15.8. The van der Waals surface area contributed by atoms with Crippen molar-refractivity contribution >= 4 is 17.6 Å². The van der Waals surface area contributed by atoms with Gasteiger partial charge in [-0.3, -0.25) is 9.59 Å². The summed E-state index contributed by atoms with van der Waals surface area (Å²) >= 11 is 0. The molecule has 4 saturated carbocycles. The number of anilines is 1. The molecule has 4 aliphatic rings. The summed E-state index contributed by atoms with van der Waals surface area (Å²) in [5, 5.41) is 3.13. The summed E-state index contributed by atoms with van der Waals surface area (Å²) in [7, 11) is 0. The summed E-state index contributed by atoms with van der Waals surface area (Å²) in [6.07, 6.45) is 7.61. The standard InChI is InChI=1S/C22H29NO3/c1-14(2)7-20(24)26-19-5-3-18(4-6-19)23-21(25)22-11-15-8-16(12-22)10-17(9-15)13-22/h3-6,14-17H,7-13H2,1-2H3,(H,23,25). The van der Waals surface area contributed by atoms with E-state index in [4.69, 9.17) is 4.74 Å². The maximum atomic E-state index is 13.1. The Labute approximate surface area is 155 Å². The molecule has 0 saturated heterocycles. The van der Waals surface area contributed by atoms with Crippen molar-refractivity contribution in [2.75, 3.05) is 5.32 Å². The molecule has 0 unspecified atom stereocenters. The first-order valence-electron chi connectivity index (χ1n) is 10.0. The van der Waals surface area contributed by atoms with Gasteiger partial charge in [0.15, 0.2) is 0 Å². The van der Waals surface area contributed by atoms with Gasteiger partial charge in [0.05, 0.1) is 5.41 Å². The summed E-state index contributed by atoms with van der Waals surface area (Å²) in [5.74, 6) is 3.07. The van der Waals surface area contributed by atoms with Crippen LogP contribution in [0.5, 0.6) is 5.75 Å². The second-order valence-electron chi connectivity index (χ2n) is 9.25. The molecule has 0 atom stereocenters. The van der Waals surface area contributed by atoms with E-state index in [-0.39, 0.29) is 23.2 Å². The van der Waals surface area contributed by atoms with Crippen molar-refractivity contribution < 1.29 is 14.3 Å². The SMILES string of the molecule is CC(C)CC(=O)Oc1ccc(NC(=O)C23CC4CC(CC(C4)C2)C3)cc1. The summed E-state index contributed by atoms with van der Waals surface area (Å²) in [6.45, 7) is 3.98. The average molecular weight is 355 g/mol. The monoisotopic (exact) mass is 355 g/mol. The average Bonchev–Trinajstić information content (AvgIpc) is 2.54. The number of esters is 1. The van der Waals surface area contributed by atoms with Crippen LogP contribution in [0.3, 0.4) is 0 Å². The van der Waals surface area contributed by atoms with Crippen molar-refractivity contribution in [3.63, 3.8) is 0 Å². The van der Waals surface area contributed by atoms with Gasteiger partial charge >= 0.3 is 5.97 Å². The number of hydrogen-bond donors (Lipinski definition) is 1. The van der Waals surface area contributed by atoms with Gasteiger partial charge in [0.1, 0.15) is 5.75 Å². The van der Waals surface area contributed by atoms with Crippen molar-refractivity contribution in [3.05, 3.63) is 24.3 Å². The van der Waals surface area contributed by atoms with Crippen LogP contribution in [0.15, 0.2) is 24.3 Å². The van der Waals surface area contributed by atoms with Crippen LogP contribution in [0.25, 0.3) is 0 Å². The lowest BCUT2D eigenvalue weighted by atomic mass is 9.49. The molecule has 26 heavy (non-hydrogen) atoms. The van der Waals surface area contributed by atoms with E-state index in [1.165, 1.54) is 19.3 Å². The number of carbonyl (C=O) groups excluding carboxylic acids is 2. The number of rotatable bonds is 5. The van der Waals surface area contributed by atoms with E-state index >= 15 is 0 Å². The van der Waals surface area contributed by atoms with Gasteiger partial charge in [0, 0.05) is 12.1 Å². The van der Waals surface area contributed by atoms with Crippen LogP contribution in [-0.4, -0.2) is 11.9 Å². The molecule has 0 spiro atoms. The molecule has 1 N–H and O–H groups in total. The van der Waals surface area contributed by atoms with Gasteiger partial charge in [0.2, 0.25) is 5.91 Å². The Bertz CT molecular complexity index is 657. The van der Waals surface area contributed by atoms with Crippen LogP contribution in [-0.2, 0) is 9.59 Å². The molecule has 0 aliphatic heterocycles. The zero-order chi connectivity index (χ0) is 18.3. The first kappa shape index (κ1) is 17.6. The minimum atomic E-state index is -0.217. The van der Waals surface area contributed by atoms with Crippen LogP contribution >= 0.6 is 0 Å². The van der Waals surface area contributed by atoms with E-state index in [1.807, 2.05) is 26.0 Å². The Balaban J connectivity index is 1.38. The van der Waals surface area contributed by atoms with Gasteiger partial charge in [-0.05, 0) is 86.5 Å². The number of amides is 1. The Hall–Kier alpha value is -1.84. The molecule has 1 aromatic carbocycles. The second-order valence-corrected chi connectivity index (χ2v) is 9.25. The summed E-state index contributed by atoms with van der Waals surface area (Å²) in [5.41, 5.74) is 0.645. The number of hydrogen-bond acceptors (Lipinski definition) is 3. The molecule has 1 amide bonds. The fraction of sp³-hybridized carbons (Fsp3) is 0.636. The fourth-order valence-corrected chi connectivity index (χ4v) is 5.77. The molecule has 4 bridgehead atoms. The molecule has 140 valence electrons. The van der Waals surface area contributed by atoms with E-state index in [1.54, 1.807) is 12.1 Å². The molecule has 1 aromatic rings. The first-order chi connectivity index (χ1) is 12.4. The van der Waals surface area contributed by atoms with E-state index in [2.05, 4.69) is 5.32 Å². The quantitative estimate of drug-likeness (QED) is 0.610. The Morgan fingerprint density at radius 1 is 1.04 bits per heavy atom. The van der Waals surface area contributed by atoms with Crippen molar-refractivity contribution in [3.8, 4) is 5.75 Å². The maximum absolute atomic E-state index is 13.1. The second kappa shape index (κ2) is 6.71. The van der Waals surface area contributed by atoms with Crippen LogP contribution in [0, 0.1) is 29.1 Å². The molecule has 0 aromatic heterocycles. The molecule has 4 fully saturated rings. The van der Waals surface area contributed by atoms with Crippen LogP contribution < -0.4 is 10.1 Å². The maximum Gasteiger partial charge on any atom is 0.311 e. The predicted octanol–water partition coefficient (Wildman–Crippen LogP) is 4.79. The highest BCUT2D eigenvalue weighted by Gasteiger charge is 2.54. The molecule has 4 heteroatoms. The molecule has 0 radical (unpaired) electrons. The molecule has 4 aliphatic carbocycles. The number of nitrogens with one attached hydrogen (secondary N) is 1. The van der Waals surface area contributed by atoms with Crippen molar-refractivity contribution in [2.45, 2.75) is 58.8 Å². The topological polar surface area (TPSA) is 55.4 Å². The van der Waals surface area contributed by atoms with Gasteiger partial charge in [0.25, 0.3) is 0 Å². The van der Waals surface area contributed by atoms with E-state index < -0.39 is 0 Å². The number of carbonyl (C=O) groups is 2. The van der Waals surface area contributed by atoms with Crippen LogP contribution in [0.1, 0.15) is 58.8 Å². The van der Waals surface area contributed by atoms with E-state index in [0.29, 0.717) is 12.2 Å². The van der Waals surface area contributed by atoms with Crippen LogP contribution in [0.2, 0.25) is 0 Å². The van der Waals surface area contributed by atoms with Gasteiger partial charge in [-0.1, -0.05) is 13.8 Å². The Morgan fingerprint density at radius 2 is 1.58 bits per heavy atom. The minimum absolute atomic E-state index is 0.142. The first-order valence-corrected chi connectivity index (χ1v) is 10.0. The van der Waals surface area contributed by atoms with Gasteiger partial charge < -0.3 is 10.1 Å². The third-order valence-electron chi connectivity index (χ3n) is 6.44. The van der Waals surface area contributed by atoms with Crippen molar-refractivity contribution in [1.82, 2.24) is 0 Å². The van der Waals surface area contributed by atoms with Gasteiger partial charge in [-0.25, -0.2) is 0 Å². The predicted molar refractivity (Wildman–Crippen MR) is 101 cm³/mol. The zero-order valence-electron chi connectivity index (χ0n) is 15.8. The highest BCUT2D eigenvalue weighted by Crippen LogP contribution is 2.60. The largest absolute Gasteiger partial charge is 0.427 e. The Kier molecular flexibility index (Phi) is 4.54. The molecule has 0 heterocycles. The molecular formula is C22H29NO3. The summed E-state index contributed by atoms with van der Waals surface area (Å²) in [4.78, 5) is 24.8. The minimum Gasteiger partial charge on any atom is -0.427 e. The van der Waals surface area contributed by atoms with Crippen molar-refractivity contribution in [2.24, 2.45) is 29.1 Å². The molecule has 4 nitrogen and oxygen atoms in total. The lowest BCUT2D eigenvalue weighted by Gasteiger charge is -2.55. The smallest absolute Gasteiger partial charge is 0.311 e. The lowest BCUT2D eigenvalue weighted by molar-refractivity contribution is -0.140. The fourth-order valence-electron chi connectivity index (χ4n) is 5.77. The lowest BCUT2D eigenvalue weighted by Crippen LogP contribution is -2.51. The van der Waals surface area contributed by atoms with Gasteiger partial charge in [-0.2, -0.15) is 0 Å². The summed E-state index contributed by atoms with van der Waals surface area (Å²) in [6, 6.07) is 7.17. The molecular weight excluding hydrogens is 326 g/mol. The third kappa shape index (κ3) is 3.51. The van der Waals surface area contributed by atoms with Crippen LogP contribution in [0.4, 0.5) is 5.69 Å². The third-order valence-corrected chi connectivity index (χ3v) is 6.44. The van der Waals surface area contributed by atoms with E-state index in [9.17, 15) is 9.59 Å². The number of benzene rings is 1. The van der Waals surface area contributed by atoms with E-state index in [0.717, 1.165) is 42.7 Å². The van der Waals surface area contributed by atoms with Gasteiger partial charge in [-0.15, -0.1) is 0 Å². The highest BCUT2D eigenvalue weighted by molar-refractivity contribution is 5.95. The normalized spacial score (nSPS) is 31.9. The Morgan fingerprint density at radius 3 is 2.08 bits per heavy atom. The highest BCUT2D eigenvalue weighted by atomic mass is 16.5. The van der Waals surface area contributed by atoms with Crippen molar-refractivity contribution in [1.29, 1.82) is 0 Å². The molecule has 5 rings (SSSR count). The number of ether oxygens (including phenoxy) is 1.